The normalized spacial score (nSPS) is 11.4. The number of alkyl halides is 2. The number of hydrogen-bond acceptors (Lipinski definition) is 4. The Morgan fingerprint density at radius 3 is 2.80 bits per heavy atom. The zero-order valence-electron chi connectivity index (χ0n) is 16.8. The fourth-order valence-corrected chi connectivity index (χ4v) is 2.90. The maximum Gasteiger partial charge on any atom is 0.387 e. The molecule has 2 N–H and O–H groups in total. The summed E-state index contributed by atoms with van der Waals surface area (Å²) in [5.41, 5.74) is 2.36. The summed E-state index contributed by atoms with van der Waals surface area (Å²) >= 11 is 0. The van der Waals surface area contributed by atoms with E-state index in [-0.39, 0.29) is 36.3 Å². The highest BCUT2D eigenvalue weighted by molar-refractivity contribution is 14.0. The molecule has 0 bridgehead atoms. The zero-order valence-corrected chi connectivity index (χ0v) is 19.1. The van der Waals surface area contributed by atoms with E-state index in [9.17, 15) is 8.78 Å². The molecule has 0 saturated heterocycles. The number of nitrogens with one attached hydrogen (secondary N) is 2. The molecule has 2 aromatic heterocycles. The molecule has 0 aliphatic heterocycles. The molecule has 0 aliphatic carbocycles. The molecule has 0 atom stereocenters. The first-order chi connectivity index (χ1) is 14.1. The third-order valence-electron chi connectivity index (χ3n) is 4.21. The van der Waals surface area contributed by atoms with Crippen LogP contribution >= 0.6 is 24.0 Å². The van der Waals surface area contributed by atoms with Gasteiger partial charge in [-0.05, 0) is 32.0 Å². The number of guanidine groups is 1. The smallest absolute Gasteiger partial charge is 0.387 e. The predicted octanol–water partition coefficient (Wildman–Crippen LogP) is 3.55. The third kappa shape index (κ3) is 6.51. The number of fused-ring (bicyclic) bond motifs is 1. The molecule has 3 rings (SSSR count). The van der Waals surface area contributed by atoms with E-state index in [1.165, 1.54) is 0 Å². The molecule has 0 amide bonds. The van der Waals surface area contributed by atoms with Crippen LogP contribution in [0.25, 0.3) is 5.65 Å². The van der Waals surface area contributed by atoms with Gasteiger partial charge in [0.1, 0.15) is 11.6 Å². The van der Waals surface area contributed by atoms with Gasteiger partial charge in [-0.25, -0.2) is 4.99 Å². The first-order valence-corrected chi connectivity index (χ1v) is 9.42. The average Bonchev–Trinajstić information content (AvgIpc) is 3.11. The Labute approximate surface area is 191 Å². The molecule has 30 heavy (non-hydrogen) atoms. The summed E-state index contributed by atoms with van der Waals surface area (Å²) < 4.78 is 31.8. The van der Waals surface area contributed by atoms with Gasteiger partial charge in [0.15, 0.2) is 11.6 Å². The average molecular weight is 530 g/mol. The lowest BCUT2D eigenvalue weighted by molar-refractivity contribution is -0.0504. The van der Waals surface area contributed by atoms with E-state index in [2.05, 4.69) is 30.6 Å². The molecule has 10 heteroatoms. The third-order valence-corrected chi connectivity index (χ3v) is 4.21. The first kappa shape index (κ1) is 23.8. The van der Waals surface area contributed by atoms with Gasteiger partial charge >= 0.3 is 6.61 Å². The molecule has 162 valence electrons. The fraction of sp³-hybridized carbons (Fsp3) is 0.350. The highest BCUT2D eigenvalue weighted by Gasteiger charge is 2.10. The molecular weight excluding hydrogens is 505 g/mol. The largest absolute Gasteiger partial charge is 0.434 e. The van der Waals surface area contributed by atoms with E-state index in [1.54, 1.807) is 18.2 Å². The SMILES string of the molecule is CCNC(=NCc1cc(C)ccc1OC(F)F)NCCc1nnc2ccccn12.I. The van der Waals surface area contributed by atoms with Crippen molar-refractivity contribution in [2.45, 2.75) is 33.4 Å². The van der Waals surface area contributed by atoms with Crippen molar-refractivity contribution in [3.63, 3.8) is 0 Å². The van der Waals surface area contributed by atoms with Crippen LogP contribution in [0.15, 0.2) is 47.6 Å². The fourth-order valence-electron chi connectivity index (χ4n) is 2.90. The lowest BCUT2D eigenvalue weighted by atomic mass is 10.1. The van der Waals surface area contributed by atoms with E-state index >= 15 is 0 Å². The van der Waals surface area contributed by atoms with Crippen molar-refractivity contribution in [1.82, 2.24) is 25.2 Å². The number of rotatable bonds is 8. The molecule has 2 heterocycles. The van der Waals surface area contributed by atoms with Crippen LogP contribution in [0.4, 0.5) is 8.78 Å². The first-order valence-electron chi connectivity index (χ1n) is 9.42. The number of aromatic nitrogens is 3. The monoisotopic (exact) mass is 530 g/mol. The quantitative estimate of drug-likeness (QED) is 0.265. The van der Waals surface area contributed by atoms with Crippen LogP contribution in [0, 0.1) is 6.92 Å². The van der Waals surface area contributed by atoms with E-state index in [0.717, 1.165) is 17.0 Å². The van der Waals surface area contributed by atoms with E-state index in [1.807, 2.05) is 42.6 Å². The Morgan fingerprint density at radius 1 is 1.20 bits per heavy atom. The molecule has 3 aromatic rings. The van der Waals surface area contributed by atoms with E-state index < -0.39 is 6.61 Å². The van der Waals surface area contributed by atoms with E-state index in [0.29, 0.717) is 31.0 Å². The van der Waals surface area contributed by atoms with Gasteiger partial charge in [-0.3, -0.25) is 4.40 Å². The van der Waals surface area contributed by atoms with Gasteiger partial charge in [-0.15, -0.1) is 34.2 Å². The summed E-state index contributed by atoms with van der Waals surface area (Å²) in [6.45, 7) is 2.47. The number of halogens is 3. The summed E-state index contributed by atoms with van der Waals surface area (Å²) in [4.78, 5) is 4.50. The number of hydrogen-bond donors (Lipinski definition) is 2. The molecule has 0 spiro atoms. The molecule has 0 unspecified atom stereocenters. The van der Waals surface area contributed by atoms with Crippen molar-refractivity contribution < 1.29 is 13.5 Å². The van der Waals surface area contributed by atoms with Gasteiger partial charge in [0, 0.05) is 31.3 Å². The van der Waals surface area contributed by atoms with Crippen molar-refractivity contribution in [3.8, 4) is 5.75 Å². The summed E-state index contributed by atoms with van der Waals surface area (Å²) in [7, 11) is 0. The molecule has 0 saturated carbocycles. The minimum atomic E-state index is -2.87. The maximum absolute atomic E-state index is 12.6. The number of benzene rings is 1. The maximum atomic E-state index is 12.6. The number of ether oxygens (including phenoxy) is 1. The molecule has 7 nitrogen and oxygen atoms in total. The second-order valence-corrected chi connectivity index (χ2v) is 6.41. The van der Waals surface area contributed by atoms with Crippen LogP contribution < -0.4 is 15.4 Å². The van der Waals surface area contributed by atoms with Crippen LogP contribution in [0.2, 0.25) is 0 Å². The topological polar surface area (TPSA) is 75.8 Å². The van der Waals surface area contributed by atoms with Gasteiger partial charge in [0.05, 0.1) is 6.54 Å². The summed E-state index contributed by atoms with van der Waals surface area (Å²) in [6.07, 6.45) is 2.58. The van der Waals surface area contributed by atoms with Crippen molar-refractivity contribution >= 4 is 35.6 Å². The number of pyridine rings is 1. The van der Waals surface area contributed by atoms with Crippen LogP contribution in [-0.4, -0.2) is 40.3 Å². The second-order valence-electron chi connectivity index (χ2n) is 6.41. The zero-order chi connectivity index (χ0) is 20.6. The Morgan fingerprint density at radius 2 is 2.03 bits per heavy atom. The highest BCUT2D eigenvalue weighted by atomic mass is 127. The van der Waals surface area contributed by atoms with Crippen molar-refractivity contribution in [1.29, 1.82) is 0 Å². The van der Waals surface area contributed by atoms with Crippen LogP contribution in [0.3, 0.4) is 0 Å². The lowest BCUT2D eigenvalue weighted by Gasteiger charge is -2.13. The van der Waals surface area contributed by atoms with Crippen molar-refractivity contribution in [2.75, 3.05) is 13.1 Å². The van der Waals surface area contributed by atoms with Gasteiger partial charge in [0.25, 0.3) is 0 Å². The minimum absolute atomic E-state index is 0. The molecule has 0 fully saturated rings. The van der Waals surface area contributed by atoms with Crippen LogP contribution in [0.5, 0.6) is 5.75 Å². The van der Waals surface area contributed by atoms with Gasteiger partial charge < -0.3 is 15.4 Å². The Hall–Kier alpha value is -2.50. The van der Waals surface area contributed by atoms with Gasteiger partial charge in [-0.2, -0.15) is 8.78 Å². The molecule has 1 aromatic carbocycles. The summed E-state index contributed by atoms with van der Waals surface area (Å²) in [6, 6.07) is 10.8. The predicted molar refractivity (Wildman–Crippen MR) is 123 cm³/mol. The Balaban J connectivity index is 0.00000320. The summed E-state index contributed by atoms with van der Waals surface area (Å²) in [5.74, 6) is 1.57. The number of aryl methyl sites for hydroxylation is 1. The Kier molecular flexibility index (Phi) is 9.21. The van der Waals surface area contributed by atoms with E-state index in [4.69, 9.17) is 0 Å². The minimum Gasteiger partial charge on any atom is -0.434 e. The van der Waals surface area contributed by atoms with Crippen molar-refractivity contribution in [2.24, 2.45) is 4.99 Å². The Bertz CT molecular complexity index is 979. The second kappa shape index (κ2) is 11.6. The van der Waals surface area contributed by atoms with Gasteiger partial charge in [0.2, 0.25) is 0 Å². The molecular formula is C20H25F2IN6O. The highest BCUT2D eigenvalue weighted by Crippen LogP contribution is 2.22. The molecule has 0 radical (unpaired) electrons. The number of aliphatic imine (C=N–C) groups is 1. The van der Waals surface area contributed by atoms with Crippen LogP contribution in [-0.2, 0) is 13.0 Å². The number of nitrogens with zero attached hydrogens (tertiary/aromatic N) is 4. The van der Waals surface area contributed by atoms with Crippen LogP contribution in [0.1, 0.15) is 23.9 Å². The summed E-state index contributed by atoms with van der Waals surface area (Å²) in [5, 5.41) is 14.7. The van der Waals surface area contributed by atoms with Crippen molar-refractivity contribution in [3.05, 3.63) is 59.5 Å². The standard InChI is InChI=1S/C20H24F2N6O.HI/c1-3-23-20(24-10-9-18-27-26-17-6-4-5-11-28(17)18)25-13-15-12-14(2)7-8-16(15)29-19(21)22;/h4-8,11-12,19H,3,9-10,13H2,1-2H3,(H2,23,24,25);1H. The van der Waals surface area contributed by atoms with Gasteiger partial charge in [-0.1, -0.05) is 23.8 Å². The molecule has 0 aliphatic rings. The lowest BCUT2D eigenvalue weighted by Crippen LogP contribution is -2.38.